The van der Waals surface area contributed by atoms with Gasteiger partial charge in [-0.3, -0.25) is 4.79 Å². The molecule has 0 saturated carbocycles. The Bertz CT molecular complexity index is 402. The first-order valence-electron chi connectivity index (χ1n) is 6.29. The van der Waals surface area contributed by atoms with E-state index in [-0.39, 0.29) is 18.1 Å². The van der Waals surface area contributed by atoms with Crippen LogP contribution in [0.1, 0.15) is 50.1 Å². The zero-order valence-corrected chi connectivity index (χ0v) is 12.7. The van der Waals surface area contributed by atoms with Crippen LogP contribution in [-0.4, -0.2) is 28.2 Å². The van der Waals surface area contributed by atoms with E-state index in [1.807, 2.05) is 37.6 Å². The molecule has 0 aliphatic carbocycles. The Morgan fingerprint density at radius 1 is 1.56 bits per heavy atom. The molecule has 0 aliphatic heterocycles. The molecule has 0 bridgehead atoms. The predicted molar refractivity (Wildman–Crippen MR) is 75.8 cm³/mol. The Labute approximate surface area is 117 Å². The lowest BCUT2D eigenvalue weighted by Gasteiger charge is -2.13. The van der Waals surface area contributed by atoms with Crippen LogP contribution >= 0.6 is 15.9 Å². The summed E-state index contributed by atoms with van der Waals surface area (Å²) in [5.41, 5.74) is 0.642. The Hall–Kier alpha value is -0.810. The van der Waals surface area contributed by atoms with Gasteiger partial charge in [-0.25, -0.2) is 0 Å². The van der Waals surface area contributed by atoms with Gasteiger partial charge < -0.3 is 15.0 Å². The van der Waals surface area contributed by atoms with Crippen molar-refractivity contribution in [2.45, 2.75) is 45.8 Å². The van der Waals surface area contributed by atoms with Gasteiger partial charge in [-0.15, -0.1) is 0 Å². The second-order valence-corrected chi connectivity index (χ2v) is 5.57. The standard InChI is InChI=1S/C13H21BrN2O2/c1-4-11(17)5-6-15-13(18)12-7-10(14)8-16(12)9(2)3/h7-9,11,17H,4-6H2,1-3H3,(H,15,18). The topological polar surface area (TPSA) is 54.3 Å². The maximum absolute atomic E-state index is 12.0. The van der Waals surface area contributed by atoms with Crippen LogP contribution in [0, 0.1) is 0 Å². The fraction of sp³-hybridized carbons (Fsp3) is 0.615. The maximum atomic E-state index is 12.0. The summed E-state index contributed by atoms with van der Waals surface area (Å²) in [5.74, 6) is -0.0993. The molecule has 18 heavy (non-hydrogen) atoms. The van der Waals surface area contributed by atoms with Crippen molar-refractivity contribution in [3.05, 3.63) is 22.4 Å². The third kappa shape index (κ3) is 4.14. The molecule has 0 saturated heterocycles. The van der Waals surface area contributed by atoms with Crippen LogP contribution in [0.2, 0.25) is 0 Å². The lowest BCUT2D eigenvalue weighted by Crippen LogP contribution is -2.29. The average Bonchev–Trinajstić information content (AvgIpc) is 2.71. The number of aliphatic hydroxyl groups is 1. The normalized spacial score (nSPS) is 12.8. The molecular formula is C13H21BrN2O2. The first-order valence-corrected chi connectivity index (χ1v) is 7.08. The highest BCUT2D eigenvalue weighted by molar-refractivity contribution is 9.10. The zero-order valence-electron chi connectivity index (χ0n) is 11.1. The molecule has 1 unspecified atom stereocenters. The van der Waals surface area contributed by atoms with E-state index in [0.29, 0.717) is 25.1 Å². The SMILES string of the molecule is CCC(O)CCNC(=O)c1cc(Br)cn1C(C)C. The van der Waals surface area contributed by atoms with Gasteiger partial charge in [0.25, 0.3) is 5.91 Å². The highest BCUT2D eigenvalue weighted by Gasteiger charge is 2.14. The van der Waals surface area contributed by atoms with E-state index in [2.05, 4.69) is 21.2 Å². The van der Waals surface area contributed by atoms with Crippen molar-refractivity contribution in [1.82, 2.24) is 9.88 Å². The number of aliphatic hydroxyl groups excluding tert-OH is 1. The van der Waals surface area contributed by atoms with Crippen LogP contribution in [0.5, 0.6) is 0 Å². The number of aromatic nitrogens is 1. The summed E-state index contributed by atoms with van der Waals surface area (Å²) in [6.07, 6.45) is 2.87. The van der Waals surface area contributed by atoms with Gasteiger partial charge in [0.2, 0.25) is 0 Å². The number of amides is 1. The minimum Gasteiger partial charge on any atom is -0.393 e. The van der Waals surface area contributed by atoms with Crippen molar-refractivity contribution < 1.29 is 9.90 Å². The average molecular weight is 317 g/mol. The number of rotatable bonds is 6. The zero-order chi connectivity index (χ0) is 13.7. The van der Waals surface area contributed by atoms with E-state index in [1.54, 1.807) is 0 Å². The quantitative estimate of drug-likeness (QED) is 0.847. The van der Waals surface area contributed by atoms with Crippen molar-refractivity contribution in [1.29, 1.82) is 0 Å². The van der Waals surface area contributed by atoms with Crippen LogP contribution in [0.4, 0.5) is 0 Å². The second kappa shape index (κ2) is 6.95. The van der Waals surface area contributed by atoms with Crippen LogP contribution in [-0.2, 0) is 0 Å². The van der Waals surface area contributed by atoms with Crippen molar-refractivity contribution in [3.63, 3.8) is 0 Å². The van der Waals surface area contributed by atoms with E-state index in [0.717, 1.165) is 4.47 Å². The fourth-order valence-electron chi connectivity index (χ4n) is 1.70. The van der Waals surface area contributed by atoms with Crippen molar-refractivity contribution in [3.8, 4) is 0 Å². The first kappa shape index (κ1) is 15.2. The predicted octanol–water partition coefficient (Wildman–Crippen LogP) is 2.72. The number of nitrogens with one attached hydrogen (secondary N) is 1. The Balaban J connectivity index is 2.61. The highest BCUT2D eigenvalue weighted by Crippen LogP contribution is 2.19. The number of hydrogen-bond acceptors (Lipinski definition) is 2. The first-order chi connectivity index (χ1) is 8.45. The molecule has 1 heterocycles. The fourth-order valence-corrected chi connectivity index (χ4v) is 2.14. The molecule has 1 atom stereocenters. The summed E-state index contributed by atoms with van der Waals surface area (Å²) in [6.45, 7) is 6.48. The van der Waals surface area contributed by atoms with Crippen LogP contribution < -0.4 is 5.32 Å². The lowest BCUT2D eigenvalue weighted by molar-refractivity contribution is 0.0931. The van der Waals surface area contributed by atoms with Gasteiger partial charge in [-0.05, 0) is 48.7 Å². The summed E-state index contributed by atoms with van der Waals surface area (Å²) in [7, 11) is 0. The molecule has 1 amide bonds. The molecule has 1 aromatic rings. The number of carbonyl (C=O) groups excluding carboxylic acids is 1. The molecule has 1 rings (SSSR count). The molecule has 2 N–H and O–H groups in total. The van der Waals surface area contributed by atoms with Gasteiger partial charge in [0.1, 0.15) is 5.69 Å². The van der Waals surface area contributed by atoms with Crippen LogP contribution in [0.25, 0.3) is 0 Å². The van der Waals surface area contributed by atoms with Gasteiger partial charge in [-0.2, -0.15) is 0 Å². The van der Waals surface area contributed by atoms with Gasteiger partial charge in [0.15, 0.2) is 0 Å². The number of nitrogens with zero attached hydrogens (tertiary/aromatic N) is 1. The van der Waals surface area contributed by atoms with Crippen molar-refractivity contribution >= 4 is 21.8 Å². The second-order valence-electron chi connectivity index (χ2n) is 4.65. The lowest BCUT2D eigenvalue weighted by atomic mass is 10.2. The largest absolute Gasteiger partial charge is 0.393 e. The van der Waals surface area contributed by atoms with Crippen molar-refractivity contribution in [2.75, 3.05) is 6.54 Å². The molecule has 0 aromatic carbocycles. The molecule has 102 valence electrons. The molecule has 0 radical (unpaired) electrons. The van der Waals surface area contributed by atoms with Crippen LogP contribution in [0.15, 0.2) is 16.7 Å². The van der Waals surface area contributed by atoms with Crippen molar-refractivity contribution in [2.24, 2.45) is 0 Å². The number of carbonyl (C=O) groups is 1. The van der Waals surface area contributed by atoms with E-state index >= 15 is 0 Å². The molecule has 1 aromatic heterocycles. The Morgan fingerprint density at radius 3 is 2.78 bits per heavy atom. The number of halogens is 1. The minimum absolute atomic E-state index is 0.0993. The Kier molecular flexibility index (Phi) is 5.88. The molecule has 0 aliphatic rings. The van der Waals surface area contributed by atoms with Gasteiger partial charge in [-0.1, -0.05) is 6.92 Å². The van der Waals surface area contributed by atoms with E-state index in [9.17, 15) is 9.90 Å². The Morgan fingerprint density at radius 2 is 2.22 bits per heavy atom. The summed E-state index contributed by atoms with van der Waals surface area (Å²) >= 11 is 3.38. The van der Waals surface area contributed by atoms with Gasteiger partial charge >= 0.3 is 0 Å². The third-order valence-electron chi connectivity index (χ3n) is 2.84. The molecule has 4 nitrogen and oxygen atoms in total. The smallest absolute Gasteiger partial charge is 0.267 e. The highest BCUT2D eigenvalue weighted by atomic mass is 79.9. The molecule has 0 spiro atoms. The van der Waals surface area contributed by atoms with Gasteiger partial charge in [0, 0.05) is 23.3 Å². The molecule has 5 heteroatoms. The number of hydrogen-bond donors (Lipinski definition) is 2. The minimum atomic E-state index is -0.339. The summed E-state index contributed by atoms with van der Waals surface area (Å²) in [5, 5.41) is 12.3. The monoisotopic (exact) mass is 316 g/mol. The molecular weight excluding hydrogens is 296 g/mol. The van der Waals surface area contributed by atoms with E-state index in [1.165, 1.54) is 0 Å². The van der Waals surface area contributed by atoms with Crippen LogP contribution in [0.3, 0.4) is 0 Å². The van der Waals surface area contributed by atoms with E-state index in [4.69, 9.17) is 0 Å². The summed E-state index contributed by atoms with van der Waals surface area (Å²) in [6, 6.07) is 2.05. The third-order valence-corrected chi connectivity index (χ3v) is 3.27. The van der Waals surface area contributed by atoms with E-state index < -0.39 is 0 Å². The van der Waals surface area contributed by atoms with Gasteiger partial charge in [0.05, 0.1) is 6.10 Å². The summed E-state index contributed by atoms with van der Waals surface area (Å²) < 4.78 is 2.82. The molecule has 0 fully saturated rings. The maximum Gasteiger partial charge on any atom is 0.267 e. The summed E-state index contributed by atoms with van der Waals surface area (Å²) in [4.78, 5) is 12.0.